The second-order valence-electron chi connectivity index (χ2n) is 5.31. The number of rotatable bonds is 5. The number of nitro benzene ring substituents is 1. The van der Waals surface area contributed by atoms with Gasteiger partial charge in [-0.25, -0.2) is 0 Å². The molecule has 0 atom stereocenters. The van der Waals surface area contributed by atoms with Crippen molar-refractivity contribution < 1.29 is 14.5 Å². The molecule has 0 spiro atoms. The van der Waals surface area contributed by atoms with E-state index < -0.39 is 10.8 Å². The van der Waals surface area contributed by atoms with E-state index in [1.807, 2.05) is 6.07 Å². The van der Waals surface area contributed by atoms with E-state index in [-0.39, 0.29) is 17.9 Å². The first-order valence-corrected chi connectivity index (χ1v) is 8.05. The summed E-state index contributed by atoms with van der Waals surface area (Å²) in [4.78, 5) is 34.0. The molecule has 1 N–H and O–H groups in total. The summed E-state index contributed by atoms with van der Waals surface area (Å²) in [5.41, 5.74) is 1.15. The number of benzene rings is 2. The average Bonchev–Trinajstić information content (AvgIpc) is 2.91. The van der Waals surface area contributed by atoms with Gasteiger partial charge in [-0.1, -0.05) is 28.1 Å². The number of para-hydroxylation sites is 2. The number of aldehydes is 1. The number of nitro groups is 1. The first kappa shape index (κ1) is 16.8. The molecule has 7 nitrogen and oxygen atoms in total. The topological polar surface area (TPSA) is 94.2 Å². The molecule has 0 aliphatic rings. The molecule has 3 rings (SSSR count). The predicted octanol–water partition coefficient (Wildman–Crippen LogP) is 3.76. The molecule has 0 unspecified atom stereocenters. The lowest BCUT2D eigenvalue weighted by Gasteiger charge is -2.08. The first-order valence-electron chi connectivity index (χ1n) is 7.26. The fourth-order valence-electron chi connectivity index (χ4n) is 2.60. The maximum absolute atomic E-state index is 12.3. The Bertz CT molecular complexity index is 997. The quantitative estimate of drug-likeness (QED) is 0.400. The van der Waals surface area contributed by atoms with Crippen molar-refractivity contribution in [2.45, 2.75) is 6.54 Å². The highest BCUT2D eigenvalue weighted by atomic mass is 79.9. The van der Waals surface area contributed by atoms with Gasteiger partial charge in [-0.05, 0) is 24.3 Å². The summed E-state index contributed by atoms with van der Waals surface area (Å²) in [5, 5.41) is 14.3. The molecule has 0 radical (unpaired) electrons. The Morgan fingerprint density at radius 2 is 2.04 bits per heavy atom. The van der Waals surface area contributed by atoms with Crippen LogP contribution in [0.4, 0.5) is 11.4 Å². The number of halogens is 1. The largest absolute Gasteiger partial charge is 0.337 e. The molecule has 0 aliphatic heterocycles. The Kier molecular flexibility index (Phi) is 4.62. The zero-order chi connectivity index (χ0) is 18.0. The lowest BCUT2D eigenvalue weighted by atomic mass is 10.2. The molecule has 1 amide bonds. The SMILES string of the molecule is O=Cc1cn(CC(=O)Nc2ccccc2[N+](=O)[O-])c2ccc(Br)cc12. The number of aromatic nitrogens is 1. The van der Waals surface area contributed by atoms with Gasteiger partial charge >= 0.3 is 0 Å². The molecule has 0 saturated heterocycles. The molecule has 0 bridgehead atoms. The number of hydrogen-bond donors (Lipinski definition) is 1. The molecule has 126 valence electrons. The zero-order valence-corrected chi connectivity index (χ0v) is 14.4. The second-order valence-corrected chi connectivity index (χ2v) is 6.23. The summed E-state index contributed by atoms with van der Waals surface area (Å²) < 4.78 is 2.46. The van der Waals surface area contributed by atoms with Crippen molar-refractivity contribution in [3.63, 3.8) is 0 Å². The van der Waals surface area contributed by atoms with Crippen LogP contribution in [0, 0.1) is 10.1 Å². The third-order valence-corrected chi connectivity index (χ3v) is 4.18. The molecule has 8 heteroatoms. The van der Waals surface area contributed by atoms with Crippen LogP contribution in [0.15, 0.2) is 53.1 Å². The van der Waals surface area contributed by atoms with Crippen LogP contribution in [0.2, 0.25) is 0 Å². The third kappa shape index (κ3) is 3.43. The standard InChI is InChI=1S/C17H12BrN3O4/c18-12-5-6-15-13(7-12)11(10-22)8-20(15)9-17(23)19-14-3-1-2-4-16(14)21(24)25/h1-8,10H,9H2,(H,19,23). The Morgan fingerprint density at radius 3 is 2.76 bits per heavy atom. The Balaban J connectivity index is 1.88. The van der Waals surface area contributed by atoms with Crippen LogP contribution in [0.1, 0.15) is 10.4 Å². The molecule has 2 aromatic carbocycles. The molecule has 25 heavy (non-hydrogen) atoms. The lowest BCUT2D eigenvalue weighted by Crippen LogP contribution is -2.18. The Hall–Kier alpha value is -3.00. The van der Waals surface area contributed by atoms with E-state index >= 15 is 0 Å². The molecule has 3 aromatic rings. The highest BCUT2D eigenvalue weighted by Crippen LogP contribution is 2.25. The van der Waals surface area contributed by atoms with Gasteiger partial charge in [0.25, 0.3) is 5.69 Å². The van der Waals surface area contributed by atoms with Gasteiger partial charge in [0.2, 0.25) is 5.91 Å². The summed E-state index contributed by atoms with van der Waals surface area (Å²) in [5.74, 6) is -0.424. The van der Waals surface area contributed by atoms with Gasteiger partial charge in [0.15, 0.2) is 6.29 Å². The molecule has 0 aliphatic carbocycles. The van der Waals surface area contributed by atoms with Gasteiger partial charge in [0, 0.05) is 33.2 Å². The molecular formula is C17H12BrN3O4. The number of anilines is 1. The molecular weight excluding hydrogens is 390 g/mol. The van der Waals surface area contributed by atoms with Crippen LogP contribution in [0.25, 0.3) is 10.9 Å². The van der Waals surface area contributed by atoms with E-state index in [0.717, 1.165) is 21.7 Å². The summed E-state index contributed by atoms with van der Waals surface area (Å²) in [6.07, 6.45) is 2.31. The minimum atomic E-state index is -0.553. The predicted molar refractivity (Wildman–Crippen MR) is 96.8 cm³/mol. The summed E-state index contributed by atoms with van der Waals surface area (Å²) >= 11 is 3.35. The van der Waals surface area contributed by atoms with Gasteiger partial charge in [0.05, 0.1) is 4.92 Å². The number of fused-ring (bicyclic) bond motifs is 1. The fraction of sp³-hybridized carbons (Fsp3) is 0.0588. The first-order chi connectivity index (χ1) is 12.0. The maximum atomic E-state index is 12.3. The Labute approximate surface area is 150 Å². The van der Waals surface area contributed by atoms with Crippen LogP contribution in [0.3, 0.4) is 0 Å². The second kappa shape index (κ2) is 6.86. The molecule has 1 aromatic heterocycles. The van der Waals surface area contributed by atoms with E-state index in [4.69, 9.17) is 0 Å². The summed E-state index contributed by atoms with van der Waals surface area (Å²) in [7, 11) is 0. The van der Waals surface area contributed by atoms with Gasteiger partial charge in [-0.15, -0.1) is 0 Å². The number of nitrogens with one attached hydrogen (secondary N) is 1. The fourth-order valence-corrected chi connectivity index (χ4v) is 2.97. The van der Waals surface area contributed by atoms with E-state index in [1.54, 1.807) is 29.0 Å². The van der Waals surface area contributed by atoms with Crippen molar-refractivity contribution in [3.05, 3.63) is 68.8 Å². The number of carbonyl (C=O) groups is 2. The van der Waals surface area contributed by atoms with Crippen molar-refractivity contribution in [1.82, 2.24) is 4.57 Å². The molecule has 1 heterocycles. The van der Waals surface area contributed by atoms with Crippen molar-refractivity contribution in [2.24, 2.45) is 0 Å². The number of carbonyl (C=O) groups excluding carboxylic acids is 2. The highest BCUT2D eigenvalue weighted by Gasteiger charge is 2.16. The smallest absolute Gasteiger partial charge is 0.292 e. The highest BCUT2D eigenvalue weighted by molar-refractivity contribution is 9.10. The monoisotopic (exact) mass is 401 g/mol. The third-order valence-electron chi connectivity index (χ3n) is 3.69. The number of nitrogens with zero attached hydrogens (tertiary/aromatic N) is 2. The van der Waals surface area contributed by atoms with Crippen LogP contribution >= 0.6 is 15.9 Å². The van der Waals surface area contributed by atoms with Gasteiger partial charge in [0.1, 0.15) is 12.2 Å². The van der Waals surface area contributed by atoms with E-state index in [1.165, 1.54) is 18.2 Å². The minimum Gasteiger partial charge on any atom is -0.337 e. The van der Waals surface area contributed by atoms with Crippen LogP contribution in [-0.4, -0.2) is 21.7 Å². The number of amides is 1. The van der Waals surface area contributed by atoms with Gasteiger partial charge < -0.3 is 9.88 Å². The van der Waals surface area contributed by atoms with Crippen molar-refractivity contribution in [1.29, 1.82) is 0 Å². The van der Waals surface area contributed by atoms with Gasteiger partial charge in [-0.2, -0.15) is 0 Å². The lowest BCUT2D eigenvalue weighted by molar-refractivity contribution is -0.383. The van der Waals surface area contributed by atoms with Crippen molar-refractivity contribution >= 4 is 50.4 Å². The van der Waals surface area contributed by atoms with Crippen LogP contribution < -0.4 is 5.32 Å². The summed E-state index contributed by atoms with van der Waals surface area (Å²) in [6, 6.07) is 11.3. The van der Waals surface area contributed by atoms with E-state index in [0.29, 0.717) is 5.56 Å². The minimum absolute atomic E-state index is 0.0714. The van der Waals surface area contributed by atoms with Crippen LogP contribution in [0.5, 0.6) is 0 Å². The molecule has 0 fully saturated rings. The van der Waals surface area contributed by atoms with E-state index in [9.17, 15) is 19.7 Å². The van der Waals surface area contributed by atoms with E-state index in [2.05, 4.69) is 21.2 Å². The molecule has 0 saturated carbocycles. The normalized spacial score (nSPS) is 10.6. The van der Waals surface area contributed by atoms with Gasteiger partial charge in [-0.3, -0.25) is 19.7 Å². The summed E-state index contributed by atoms with van der Waals surface area (Å²) in [6.45, 7) is -0.0714. The van der Waals surface area contributed by atoms with Crippen LogP contribution in [-0.2, 0) is 11.3 Å². The van der Waals surface area contributed by atoms with Crippen molar-refractivity contribution in [3.8, 4) is 0 Å². The number of hydrogen-bond acceptors (Lipinski definition) is 4. The zero-order valence-electron chi connectivity index (χ0n) is 12.8. The maximum Gasteiger partial charge on any atom is 0.292 e. The Morgan fingerprint density at radius 1 is 1.28 bits per heavy atom. The average molecular weight is 402 g/mol. The van der Waals surface area contributed by atoms with Crippen molar-refractivity contribution in [2.75, 3.05) is 5.32 Å².